The van der Waals surface area contributed by atoms with Gasteiger partial charge in [-0.3, -0.25) is 4.79 Å². The third kappa shape index (κ3) is 4.68. The number of methoxy groups -OCH3 is 1. The standard InChI is InChI=1S/C11H19N3O2S/c1-4-6-9-12-11(17-13-9)14(2)8-5-7-10(15)16-3/h4-8H2,1-3H3. The Labute approximate surface area is 106 Å². The fourth-order valence-corrected chi connectivity index (χ4v) is 2.08. The predicted molar refractivity (Wildman–Crippen MR) is 68.4 cm³/mol. The number of aromatic nitrogens is 2. The van der Waals surface area contributed by atoms with E-state index in [4.69, 9.17) is 0 Å². The molecule has 1 heterocycles. The highest BCUT2D eigenvalue weighted by molar-refractivity contribution is 7.09. The number of esters is 1. The molecule has 0 unspecified atom stereocenters. The molecule has 0 radical (unpaired) electrons. The van der Waals surface area contributed by atoms with Crippen molar-refractivity contribution in [2.24, 2.45) is 0 Å². The van der Waals surface area contributed by atoms with Crippen molar-refractivity contribution < 1.29 is 9.53 Å². The molecular formula is C11H19N3O2S. The number of hydrogen-bond donors (Lipinski definition) is 0. The molecule has 0 saturated heterocycles. The van der Waals surface area contributed by atoms with Gasteiger partial charge in [0.2, 0.25) is 5.13 Å². The molecule has 96 valence electrons. The molecule has 1 aromatic rings. The molecule has 1 aromatic heterocycles. The van der Waals surface area contributed by atoms with Crippen LogP contribution in [0.4, 0.5) is 5.13 Å². The Bertz CT molecular complexity index is 354. The monoisotopic (exact) mass is 257 g/mol. The molecule has 0 aliphatic carbocycles. The Kier molecular flexibility index (Phi) is 5.90. The number of ether oxygens (including phenoxy) is 1. The van der Waals surface area contributed by atoms with Gasteiger partial charge in [0, 0.05) is 38.0 Å². The van der Waals surface area contributed by atoms with Crippen LogP contribution in [0.5, 0.6) is 0 Å². The first-order chi connectivity index (χ1) is 8.17. The molecule has 0 aliphatic heterocycles. The van der Waals surface area contributed by atoms with Crippen LogP contribution in [0.2, 0.25) is 0 Å². The van der Waals surface area contributed by atoms with Gasteiger partial charge in [-0.1, -0.05) is 6.92 Å². The lowest BCUT2D eigenvalue weighted by Gasteiger charge is -2.14. The van der Waals surface area contributed by atoms with Crippen LogP contribution < -0.4 is 4.90 Å². The van der Waals surface area contributed by atoms with Gasteiger partial charge in [0.25, 0.3) is 0 Å². The zero-order chi connectivity index (χ0) is 12.7. The minimum Gasteiger partial charge on any atom is -0.469 e. The minimum atomic E-state index is -0.165. The van der Waals surface area contributed by atoms with Crippen LogP contribution in [0.3, 0.4) is 0 Å². The highest BCUT2D eigenvalue weighted by atomic mass is 32.1. The Hall–Kier alpha value is -1.17. The fraction of sp³-hybridized carbons (Fsp3) is 0.727. The summed E-state index contributed by atoms with van der Waals surface area (Å²) in [6.45, 7) is 2.90. The van der Waals surface area contributed by atoms with Crippen LogP contribution in [0, 0.1) is 0 Å². The summed E-state index contributed by atoms with van der Waals surface area (Å²) < 4.78 is 8.87. The number of nitrogens with zero attached hydrogens (tertiary/aromatic N) is 3. The summed E-state index contributed by atoms with van der Waals surface area (Å²) in [6.07, 6.45) is 3.20. The number of aryl methyl sites for hydroxylation is 1. The maximum Gasteiger partial charge on any atom is 0.305 e. The predicted octanol–water partition coefficient (Wildman–Crippen LogP) is 1.88. The van der Waals surface area contributed by atoms with Crippen molar-refractivity contribution >= 4 is 22.6 Å². The first kappa shape index (κ1) is 13.9. The lowest BCUT2D eigenvalue weighted by Crippen LogP contribution is -2.19. The van der Waals surface area contributed by atoms with E-state index in [9.17, 15) is 4.79 Å². The number of carbonyl (C=O) groups is 1. The summed E-state index contributed by atoms with van der Waals surface area (Å²) in [7, 11) is 3.38. The molecule has 17 heavy (non-hydrogen) atoms. The molecule has 1 rings (SSSR count). The molecular weight excluding hydrogens is 238 g/mol. The molecule has 6 heteroatoms. The van der Waals surface area contributed by atoms with Gasteiger partial charge in [0.05, 0.1) is 7.11 Å². The van der Waals surface area contributed by atoms with Crippen LogP contribution in [-0.2, 0) is 16.0 Å². The molecule has 0 aliphatic rings. The van der Waals surface area contributed by atoms with Gasteiger partial charge in [-0.05, 0) is 12.8 Å². The second-order valence-electron chi connectivity index (χ2n) is 3.84. The average molecular weight is 257 g/mol. The quantitative estimate of drug-likeness (QED) is 0.698. The summed E-state index contributed by atoms with van der Waals surface area (Å²) in [6, 6.07) is 0. The van der Waals surface area contributed by atoms with Crippen molar-refractivity contribution in [2.75, 3.05) is 25.6 Å². The number of carbonyl (C=O) groups excluding carboxylic acids is 1. The second-order valence-corrected chi connectivity index (χ2v) is 4.57. The highest BCUT2D eigenvalue weighted by Gasteiger charge is 2.09. The van der Waals surface area contributed by atoms with Gasteiger partial charge in [0.1, 0.15) is 5.82 Å². The zero-order valence-corrected chi connectivity index (χ0v) is 11.4. The Balaban J connectivity index is 2.35. The zero-order valence-electron chi connectivity index (χ0n) is 10.6. The third-order valence-electron chi connectivity index (χ3n) is 2.36. The summed E-state index contributed by atoms with van der Waals surface area (Å²) in [4.78, 5) is 17.4. The normalized spacial score (nSPS) is 10.3. The van der Waals surface area contributed by atoms with Crippen LogP contribution in [0.1, 0.15) is 32.0 Å². The summed E-state index contributed by atoms with van der Waals surface area (Å²) in [5.74, 6) is 0.745. The molecule has 0 spiro atoms. The van der Waals surface area contributed by atoms with Crippen LogP contribution in [0.15, 0.2) is 0 Å². The Morgan fingerprint density at radius 3 is 2.94 bits per heavy atom. The molecule has 5 nitrogen and oxygen atoms in total. The maximum atomic E-state index is 11.0. The van der Waals surface area contributed by atoms with E-state index in [-0.39, 0.29) is 5.97 Å². The molecule has 0 bridgehead atoms. The van der Waals surface area contributed by atoms with Gasteiger partial charge in [-0.2, -0.15) is 4.37 Å². The van der Waals surface area contributed by atoms with Crippen molar-refractivity contribution in [2.45, 2.75) is 32.6 Å². The van der Waals surface area contributed by atoms with E-state index >= 15 is 0 Å². The lowest BCUT2D eigenvalue weighted by atomic mass is 10.3. The first-order valence-electron chi connectivity index (χ1n) is 5.78. The summed E-state index contributed by atoms with van der Waals surface area (Å²) in [5, 5.41) is 0.915. The van der Waals surface area contributed by atoms with E-state index in [1.165, 1.54) is 18.6 Å². The van der Waals surface area contributed by atoms with Gasteiger partial charge < -0.3 is 9.64 Å². The molecule has 0 atom stereocenters. The van der Waals surface area contributed by atoms with Crippen molar-refractivity contribution in [1.29, 1.82) is 0 Å². The topological polar surface area (TPSA) is 55.3 Å². The molecule has 0 fully saturated rings. The van der Waals surface area contributed by atoms with Crippen LogP contribution >= 0.6 is 11.5 Å². The van der Waals surface area contributed by atoms with Crippen molar-refractivity contribution in [1.82, 2.24) is 9.36 Å². The van der Waals surface area contributed by atoms with E-state index in [0.29, 0.717) is 6.42 Å². The fourth-order valence-electron chi connectivity index (χ4n) is 1.38. The molecule has 0 saturated carbocycles. The van der Waals surface area contributed by atoms with Gasteiger partial charge in [-0.15, -0.1) is 0 Å². The second kappa shape index (κ2) is 7.21. The van der Waals surface area contributed by atoms with Crippen LogP contribution in [0.25, 0.3) is 0 Å². The van der Waals surface area contributed by atoms with Crippen molar-refractivity contribution in [3.8, 4) is 0 Å². The van der Waals surface area contributed by atoms with Gasteiger partial charge in [-0.25, -0.2) is 4.98 Å². The lowest BCUT2D eigenvalue weighted by molar-refractivity contribution is -0.140. The van der Waals surface area contributed by atoms with Crippen LogP contribution in [-0.4, -0.2) is 36.0 Å². The number of anilines is 1. The smallest absolute Gasteiger partial charge is 0.305 e. The minimum absolute atomic E-state index is 0.165. The third-order valence-corrected chi connectivity index (χ3v) is 3.23. The van der Waals surface area contributed by atoms with E-state index < -0.39 is 0 Å². The molecule has 0 aromatic carbocycles. The maximum absolute atomic E-state index is 11.0. The van der Waals surface area contributed by atoms with E-state index in [0.717, 1.165) is 36.8 Å². The molecule has 0 amide bonds. The Morgan fingerprint density at radius 2 is 2.29 bits per heavy atom. The SMILES string of the molecule is CCCc1nsc(N(C)CCCC(=O)OC)n1. The first-order valence-corrected chi connectivity index (χ1v) is 6.55. The molecule has 0 N–H and O–H groups in total. The van der Waals surface area contributed by atoms with Gasteiger partial charge in [0.15, 0.2) is 0 Å². The highest BCUT2D eigenvalue weighted by Crippen LogP contribution is 2.16. The number of hydrogen-bond acceptors (Lipinski definition) is 6. The largest absolute Gasteiger partial charge is 0.469 e. The van der Waals surface area contributed by atoms with E-state index in [1.54, 1.807) is 0 Å². The van der Waals surface area contributed by atoms with Crippen molar-refractivity contribution in [3.05, 3.63) is 5.82 Å². The summed E-state index contributed by atoms with van der Waals surface area (Å²) in [5.41, 5.74) is 0. The van der Waals surface area contributed by atoms with E-state index in [2.05, 4.69) is 21.0 Å². The summed E-state index contributed by atoms with van der Waals surface area (Å²) >= 11 is 1.41. The van der Waals surface area contributed by atoms with Gasteiger partial charge >= 0.3 is 5.97 Å². The van der Waals surface area contributed by atoms with E-state index in [1.807, 2.05) is 11.9 Å². The Morgan fingerprint density at radius 1 is 1.53 bits per heavy atom. The van der Waals surface area contributed by atoms with Crippen molar-refractivity contribution in [3.63, 3.8) is 0 Å². The number of rotatable bonds is 7. The average Bonchev–Trinajstić information content (AvgIpc) is 2.78.